The number of ether oxygens (including phenoxy) is 2. The van der Waals surface area contributed by atoms with Crippen molar-refractivity contribution in [2.75, 3.05) is 13.7 Å². The van der Waals surface area contributed by atoms with E-state index in [0.29, 0.717) is 0 Å². The highest BCUT2D eigenvalue weighted by atomic mass is 16.6. The summed E-state index contributed by atoms with van der Waals surface area (Å²) in [5.74, 6) is -2.24. The molecule has 0 bridgehead atoms. The number of carbonyl (C=O) groups excluding carboxylic acids is 3. The zero-order chi connectivity index (χ0) is 20.7. The molecule has 1 aromatic carbocycles. The normalized spacial score (nSPS) is 11.4. The second-order valence-corrected chi connectivity index (χ2v) is 5.86. The third-order valence-corrected chi connectivity index (χ3v) is 3.85. The standard InChI is InChI=1S/C18H19N3O7/c1-20-10-13(21(25)26)9-15(20)18(24)28-11-16(22)19-14(17(23)27-2)8-12-6-4-3-5-7-12/h3-7,9-10,14H,8,11H2,1-2H3,(H,19,22). The molecule has 0 radical (unpaired) electrons. The van der Waals surface area contributed by atoms with Crippen molar-refractivity contribution in [3.8, 4) is 0 Å². The molecule has 0 fully saturated rings. The minimum Gasteiger partial charge on any atom is -0.467 e. The lowest BCUT2D eigenvalue weighted by Crippen LogP contribution is -2.44. The molecule has 10 heteroatoms. The lowest BCUT2D eigenvalue weighted by molar-refractivity contribution is -0.384. The maximum Gasteiger partial charge on any atom is 0.355 e. The molecule has 1 unspecified atom stereocenters. The largest absolute Gasteiger partial charge is 0.467 e. The number of nitro groups is 1. The summed E-state index contributed by atoms with van der Waals surface area (Å²) in [4.78, 5) is 46.1. The number of hydrogen-bond acceptors (Lipinski definition) is 7. The Hall–Kier alpha value is -3.69. The van der Waals surface area contributed by atoms with Crippen molar-refractivity contribution < 1.29 is 28.8 Å². The fourth-order valence-electron chi connectivity index (χ4n) is 2.48. The van der Waals surface area contributed by atoms with Gasteiger partial charge in [0.05, 0.1) is 18.2 Å². The summed E-state index contributed by atoms with van der Waals surface area (Å²) in [6.07, 6.45) is 1.36. The monoisotopic (exact) mass is 389 g/mol. The van der Waals surface area contributed by atoms with E-state index in [0.717, 1.165) is 17.8 Å². The van der Waals surface area contributed by atoms with Crippen LogP contribution in [0.25, 0.3) is 0 Å². The van der Waals surface area contributed by atoms with Crippen molar-refractivity contribution in [1.82, 2.24) is 9.88 Å². The Labute approximate surface area is 160 Å². The summed E-state index contributed by atoms with van der Waals surface area (Å²) in [5, 5.41) is 13.2. The van der Waals surface area contributed by atoms with Gasteiger partial charge in [-0.15, -0.1) is 0 Å². The van der Waals surface area contributed by atoms with Crippen molar-refractivity contribution >= 4 is 23.5 Å². The SMILES string of the molecule is COC(=O)C(Cc1ccccc1)NC(=O)COC(=O)c1cc([N+](=O)[O-])cn1C. The predicted octanol–water partition coefficient (Wildman–Crippen LogP) is 0.991. The highest BCUT2D eigenvalue weighted by Gasteiger charge is 2.24. The summed E-state index contributed by atoms with van der Waals surface area (Å²) < 4.78 is 10.8. The molecular weight excluding hydrogens is 370 g/mol. The Kier molecular flexibility index (Phi) is 6.85. The van der Waals surface area contributed by atoms with Crippen molar-refractivity contribution in [3.63, 3.8) is 0 Å². The predicted molar refractivity (Wildman–Crippen MR) is 96.4 cm³/mol. The van der Waals surface area contributed by atoms with Crippen LogP contribution in [0.1, 0.15) is 16.1 Å². The van der Waals surface area contributed by atoms with E-state index in [2.05, 4.69) is 5.32 Å². The molecule has 1 aromatic heterocycles. The highest BCUT2D eigenvalue weighted by molar-refractivity contribution is 5.91. The molecule has 0 aliphatic carbocycles. The summed E-state index contributed by atoms with van der Waals surface area (Å²) in [7, 11) is 2.64. The number of aromatic nitrogens is 1. The van der Waals surface area contributed by atoms with Crippen LogP contribution in [0.5, 0.6) is 0 Å². The van der Waals surface area contributed by atoms with Crippen molar-refractivity contribution in [3.05, 3.63) is 64.0 Å². The first kappa shape index (κ1) is 20.6. The molecule has 2 aromatic rings. The Morgan fingerprint density at radius 2 is 1.93 bits per heavy atom. The van der Waals surface area contributed by atoms with E-state index in [1.807, 2.05) is 6.07 Å². The minimum absolute atomic E-state index is 0.0756. The van der Waals surface area contributed by atoms with Crippen LogP contribution < -0.4 is 5.32 Å². The molecule has 1 amide bonds. The number of amides is 1. The van der Waals surface area contributed by atoms with E-state index >= 15 is 0 Å². The van der Waals surface area contributed by atoms with Gasteiger partial charge in [0.2, 0.25) is 0 Å². The van der Waals surface area contributed by atoms with Gasteiger partial charge in [0.15, 0.2) is 6.61 Å². The van der Waals surface area contributed by atoms with Crippen LogP contribution in [0, 0.1) is 10.1 Å². The molecule has 28 heavy (non-hydrogen) atoms. The van der Waals surface area contributed by atoms with E-state index in [1.165, 1.54) is 18.7 Å². The van der Waals surface area contributed by atoms with Crippen LogP contribution in [0.3, 0.4) is 0 Å². The fourth-order valence-corrected chi connectivity index (χ4v) is 2.48. The van der Waals surface area contributed by atoms with E-state index in [9.17, 15) is 24.5 Å². The zero-order valence-electron chi connectivity index (χ0n) is 15.3. The van der Waals surface area contributed by atoms with E-state index in [1.54, 1.807) is 24.3 Å². The number of carbonyl (C=O) groups is 3. The maximum absolute atomic E-state index is 12.1. The number of nitrogens with zero attached hydrogens (tertiary/aromatic N) is 2. The van der Waals surface area contributed by atoms with Crippen molar-refractivity contribution in [2.45, 2.75) is 12.5 Å². The smallest absolute Gasteiger partial charge is 0.355 e. The number of benzene rings is 1. The number of hydrogen-bond donors (Lipinski definition) is 1. The Balaban J connectivity index is 1.96. The van der Waals surface area contributed by atoms with Crippen molar-refractivity contribution in [1.29, 1.82) is 0 Å². The van der Waals surface area contributed by atoms with Crippen molar-refractivity contribution in [2.24, 2.45) is 7.05 Å². The first-order valence-electron chi connectivity index (χ1n) is 8.20. The molecule has 1 heterocycles. The summed E-state index contributed by atoms with van der Waals surface area (Å²) >= 11 is 0. The summed E-state index contributed by atoms with van der Waals surface area (Å²) in [6.45, 7) is -0.653. The molecule has 2 rings (SSSR count). The van der Waals surface area contributed by atoms with Gasteiger partial charge in [-0.2, -0.15) is 0 Å². The summed E-state index contributed by atoms with van der Waals surface area (Å²) in [6, 6.07) is 9.11. The Morgan fingerprint density at radius 3 is 2.50 bits per heavy atom. The molecule has 0 saturated heterocycles. The first-order valence-corrected chi connectivity index (χ1v) is 8.20. The van der Waals surface area contributed by atoms with Crippen LogP contribution in [0.2, 0.25) is 0 Å². The second kappa shape index (κ2) is 9.31. The van der Waals surface area contributed by atoms with Gasteiger partial charge in [-0.3, -0.25) is 14.9 Å². The van der Waals surface area contributed by atoms with Gasteiger partial charge in [0, 0.05) is 19.5 Å². The lowest BCUT2D eigenvalue weighted by Gasteiger charge is -2.16. The number of aryl methyl sites for hydroxylation is 1. The third kappa shape index (κ3) is 5.40. The first-order chi connectivity index (χ1) is 13.3. The molecule has 0 aliphatic rings. The fraction of sp³-hybridized carbons (Fsp3) is 0.278. The third-order valence-electron chi connectivity index (χ3n) is 3.85. The van der Waals surface area contributed by atoms with Gasteiger partial charge in [-0.05, 0) is 5.56 Å². The van der Waals surface area contributed by atoms with Gasteiger partial charge in [0.1, 0.15) is 11.7 Å². The number of nitrogens with one attached hydrogen (secondary N) is 1. The molecule has 1 N–H and O–H groups in total. The topological polar surface area (TPSA) is 130 Å². The minimum atomic E-state index is -0.949. The van der Waals surface area contributed by atoms with Crippen LogP contribution >= 0.6 is 0 Å². The molecule has 0 spiro atoms. The number of rotatable bonds is 8. The molecule has 1 atom stereocenters. The average Bonchev–Trinajstić information content (AvgIpc) is 3.08. The Morgan fingerprint density at radius 1 is 1.25 bits per heavy atom. The molecule has 0 aliphatic heterocycles. The van der Waals surface area contributed by atoms with E-state index in [4.69, 9.17) is 9.47 Å². The lowest BCUT2D eigenvalue weighted by atomic mass is 10.1. The quantitative estimate of drug-likeness (QED) is 0.405. The van der Waals surface area contributed by atoms with Gasteiger partial charge in [-0.25, -0.2) is 9.59 Å². The molecule has 0 saturated carbocycles. The second-order valence-electron chi connectivity index (χ2n) is 5.86. The van der Waals surface area contributed by atoms with Gasteiger partial charge in [0.25, 0.3) is 11.6 Å². The van der Waals surface area contributed by atoms with E-state index < -0.39 is 35.4 Å². The molecule has 148 valence electrons. The van der Waals surface area contributed by atoms with Crippen LogP contribution in [-0.4, -0.2) is 47.1 Å². The molecular formula is C18H19N3O7. The molecule has 10 nitrogen and oxygen atoms in total. The van der Waals surface area contributed by atoms with Crippen LogP contribution in [0.15, 0.2) is 42.6 Å². The van der Waals surface area contributed by atoms with Gasteiger partial charge in [-0.1, -0.05) is 30.3 Å². The van der Waals surface area contributed by atoms with E-state index in [-0.39, 0.29) is 17.8 Å². The summed E-state index contributed by atoms with van der Waals surface area (Å²) in [5.41, 5.74) is 0.465. The van der Waals surface area contributed by atoms with Crippen LogP contribution in [0.4, 0.5) is 5.69 Å². The Bertz CT molecular complexity index is 877. The number of esters is 2. The maximum atomic E-state index is 12.1. The average molecular weight is 389 g/mol. The zero-order valence-corrected chi connectivity index (χ0v) is 15.3. The van der Waals surface area contributed by atoms with Crippen LogP contribution in [-0.2, 0) is 32.5 Å². The number of methoxy groups -OCH3 is 1. The van der Waals surface area contributed by atoms with Gasteiger partial charge >= 0.3 is 11.9 Å². The van der Waals surface area contributed by atoms with Gasteiger partial charge < -0.3 is 19.4 Å². The highest BCUT2D eigenvalue weighted by Crippen LogP contribution is 2.16.